The van der Waals surface area contributed by atoms with Gasteiger partial charge in [-0.1, -0.05) is 11.6 Å². The molecular weight excluding hydrogens is 486 g/mol. The van der Waals surface area contributed by atoms with E-state index in [1.165, 1.54) is 0 Å². The Labute approximate surface area is 216 Å². The number of rotatable bonds is 7. The largest absolute Gasteiger partial charge is 0.481 e. The number of ether oxygens (including phenoxy) is 2. The van der Waals surface area contributed by atoms with Crippen molar-refractivity contribution in [3.05, 3.63) is 47.5 Å². The lowest BCUT2D eigenvalue weighted by atomic mass is 9.97. The van der Waals surface area contributed by atoms with Gasteiger partial charge in [-0.2, -0.15) is 0 Å². The number of hydrogen-bond donors (Lipinski definition) is 1. The van der Waals surface area contributed by atoms with Crippen molar-refractivity contribution in [1.82, 2.24) is 14.5 Å². The zero-order chi connectivity index (χ0) is 26.9. The summed E-state index contributed by atoms with van der Waals surface area (Å²) in [6.45, 7) is 10.3. The van der Waals surface area contributed by atoms with E-state index in [4.69, 9.17) is 21.1 Å². The Balaban J connectivity index is 1.69. The van der Waals surface area contributed by atoms with Crippen LogP contribution in [0.1, 0.15) is 66.5 Å². The number of aliphatic carboxylic acids is 1. The summed E-state index contributed by atoms with van der Waals surface area (Å²) in [5, 5.41) is 10.7. The number of carboxylic acids is 1. The van der Waals surface area contributed by atoms with Gasteiger partial charge in [0.15, 0.2) is 0 Å². The quantitative estimate of drug-likeness (QED) is 0.490. The van der Waals surface area contributed by atoms with Gasteiger partial charge >= 0.3 is 18.2 Å². The second kappa shape index (κ2) is 10.1. The number of aromatic nitrogens is 2. The maximum Gasteiger partial charge on any atom is 0.419 e. The number of imidazole rings is 1. The maximum atomic E-state index is 12.7. The second-order valence-electron chi connectivity index (χ2n) is 11.1. The molecule has 0 radical (unpaired) electrons. The van der Waals surface area contributed by atoms with Crippen LogP contribution < -0.4 is 0 Å². The van der Waals surface area contributed by atoms with Crippen LogP contribution in [-0.2, 0) is 19.7 Å². The molecule has 0 saturated heterocycles. The Hall–Kier alpha value is -3.07. The van der Waals surface area contributed by atoms with E-state index in [0.717, 1.165) is 10.6 Å². The molecule has 0 aliphatic heterocycles. The summed E-state index contributed by atoms with van der Waals surface area (Å²) < 4.78 is 12.5. The van der Waals surface area contributed by atoms with Crippen molar-refractivity contribution in [2.24, 2.45) is 5.92 Å². The summed E-state index contributed by atoms with van der Waals surface area (Å²) in [6.07, 6.45) is 3.05. The zero-order valence-electron chi connectivity index (χ0n) is 21.6. The number of carbonyl (C=O) groups is 3. The molecule has 1 aliphatic rings. The molecule has 196 valence electrons. The highest BCUT2D eigenvalue weighted by Gasteiger charge is 2.62. The normalized spacial score (nSPS) is 19.5. The predicted octanol–water partition coefficient (Wildman–Crippen LogP) is 5.82. The lowest BCUT2D eigenvalue weighted by Gasteiger charge is -2.28. The number of hydrogen-bond acceptors (Lipinski definition) is 6. The summed E-state index contributed by atoms with van der Waals surface area (Å²) in [7, 11) is 0. The van der Waals surface area contributed by atoms with Crippen LogP contribution in [0.4, 0.5) is 9.59 Å². The van der Waals surface area contributed by atoms with E-state index in [1.54, 1.807) is 70.8 Å². The van der Waals surface area contributed by atoms with Gasteiger partial charge < -0.3 is 19.1 Å². The molecule has 9 nitrogen and oxygen atoms in total. The van der Waals surface area contributed by atoms with Crippen LogP contribution in [-0.4, -0.2) is 55.5 Å². The molecular formula is C26H34ClN3O6. The molecule has 1 aromatic heterocycles. The van der Waals surface area contributed by atoms with Crippen molar-refractivity contribution in [2.45, 2.75) is 77.4 Å². The van der Waals surface area contributed by atoms with E-state index in [2.05, 4.69) is 4.98 Å². The molecule has 1 unspecified atom stereocenters. The number of carboxylic acid groups (broad SMARTS) is 1. The number of nitrogens with zero attached hydrogens (tertiary/aromatic N) is 3. The molecule has 0 spiro atoms. The highest BCUT2D eigenvalue weighted by molar-refractivity contribution is 6.30. The minimum Gasteiger partial charge on any atom is -0.481 e. The Kier molecular flexibility index (Phi) is 7.74. The Morgan fingerprint density at radius 3 is 2.14 bits per heavy atom. The highest BCUT2D eigenvalue weighted by Crippen LogP contribution is 2.56. The standard InChI is InChI=1S/C26H34ClN3O6/c1-24(2,3)35-22(33)30(23(34)36-25(4,5)6)13-7-8-17-14-26(17,21(31)32)20-15-29(16-28-20)19-11-9-18(27)10-12-19/h9-12,15-17H,7-8,13-14H2,1-6H3,(H,31,32)/t17-,26?/m0/s1. The van der Waals surface area contributed by atoms with Gasteiger partial charge in [-0.05, 0) is 91.0 Å². The first kappa shape index (κ1) is 27.5. The van der Waals surface area contributed by atoms with Crippen molar-refractivity contribution in [1.29, 1.82) is 0 Å². The van der Waals surface area contributed by atoms with Crippen LogP contribution in [0.5, 0.6) is 0 Å². The van der Waals surface area contributed by atoms with E-state index in [0.29, 0.717) is 30.0 Å². The molecule has 0 bridgehead atoms. The van der Waals surface area contributed by atoms with Crippen molar-refractivity contribution < 1.29 is 29.0 Å². The summed E-state index contributed by atoms with van der Waals surface area (Å²) >= 11 is 5.96. The average Bonchev–Trinajstić information content (AvgIpc) is 3.25. The van der Waals surface area contributed by atoms with E-state index in [-0.39, 0.29) is 12.5 Å². The summed E-state index contributed by atoms with van der Waals surface area (Å²) in [6, 6.07) is 7.16. The number of carbonyl (C=O) groups excluding carboxylic acids is 2. The van der Waals surface area contributed by atoms with E-state index in [1.807, 2.05) is 12.1 Å². The van der Waals surface area contributed by atoms with Gasteiger partial charge in [0.1, 0.15) is 16.6 Å². The minimum atomic E-state index is -1.10. The third-order valence-electron chi connectivity index (χ3n) is 5.81. The SMILES string of the molecule is CC(C)(C)OC(=O)N(CCC[C@H]1CC1(C(=O)O)c1cn(-c2ccc(Cl)cc2)cn1)C(=O)OC(C)(C)C. The molecule has 2 amide bonds. The fourth-order valence-electron chi connectivity index (χ4n) is 4.06. The first-order valence-electron chi connectivity index (χ1n) is 11.9. The number of amides is 2. The molecule has 1 aliphatic carbocycles. The lowest BCUT2D eigenvalue weighted by molar-refractivity contribution is -0.140. The third-order valence-corrected chi connectivity index (χ3v) is 6.07. The van der Waals surface area contributed by atoms with Crippen LogP contribution in [0.15, 0.2) is 36.8 Å². The van der Waals surface area contributed by atoms with Gasteiger partial charge in [-0.25, -0.2) is 19.5 Å². The van der Waals surface area contributed by atoms with Crippen LogP contribution in [0.25, 0.3) is 5.69 Å². The first-order valence-corrected chi connectivity index (χ1v) is 12.3. The van der Waals surface area contributed by atoms with Crippen LogP contribution in [0.3, 0.4) is 0 Å². The van der Waals surface area contributed by atoms with Crippen molar-refractivity contribution in [3.8, 4) is 5.69 Å². The molecule has 1 N–H and O–H groups in total. The molecule has 3 rings (SSSR count). The van der Waals surface area contributed by atoms with E-state index < -0.39 is 34.8 Å². The van der Waals surface area contributed by atoms with Gasteiger partial charge in [-0.15, -0.1) is 0 Å². The lowest BCUT2D eigenvalue weighted by Crippen LogP contribution is -2.44. The van der Waals surface area contributed by atoms with Gasteiger partial charge in [-0.3, -0.25) is 4.79 Å². The van der Waals surface area contributed by atoms with Crippen molar-refractivity contribution in [3.63, 3.8) is 0 Å². The fourth-order valence-corrected chi connectivity index (χ4v) is 4.18. The van der Waals surface area contributed by atoms with E-state index in [9.17, 15) is 19.5 Å². The Morgan fingerprint density at radius 1 is 1.08 bits per heavy atom. The highest BCUT2D eigenvalue weighted by atomic mass is 35.5. The molecule has 1 saturated carbocycles. The molecule has 2 aromatic rings. The first-order chi connectivity index (χ1) is 16.6. The van der Waals surface area contributed by atoms with Crippen LogP contribution in [0.2, 0.25) is 5.02 Å². The topological polar surface area (TPSA) is 111 Å². The van der Waals surface area contributed by atoms with Gasteiger partial charge in [0.05, 0.1) is 12.0 Å². The molecule has 36 heavy (non-hydrogen) atoms. The molecule has 1 heterocycles. The maximum absolute atomic E-state index is 12.7. The third kappa shape index (κ3) is 6.57. The summed E-state index contributed by atoms with van der Waals surface area (Å²) in [5.41, 5.74) is -1.36. The predicted molar refractivity (Wildman–Crippen MR) is 134 cm³/mol. The minimum absolute atomic E-state index is 0.0508. The van der Waals surface area contributed by atoms with Gasteiger partial charge in [0.25, 0.3) is 0 Å². The monoisotopic (exact) mass is 519 g/mol. The second-order valence-corrected chi connectivity index (χ2v) is 11.5. The average molecular weight is 520 g/mol. The summed E-state index contributed by atoms with van der Waals surface area (Å²) in [4.78, 5) is 43.0. The molecule has 2 atom stereocenters. The van der Waals surface area contributed by atoms with Gasteiger partial charge in [0.2, 0.25) is 0 Å². The molecule has 10 heteroatoms. The fraction of sp³-hybridized carbons (Fsp3) is 0.538. The van der Waals surface area contributed by atoms with Crippen molar-refractivity contribution in [2.75, 3.05) is 6.54 Å². The molecule has 1 fully saturated rings. The van der Waals surface area contributed by atoms with Crippen LogP contribution >= 0.6 is 11.6 Å². The summed E-state index contributed by atoms with van der Waals surface area (Å²) in [5.74, 6) is -1.12. The van der Waals surface area contributed by atoms with Gasteiger partial charge in [0, 0.05) is 23.5 Å². The number of halogens is 1. The molecule has 1 aromatic carbocycles. The number of benzene rings is 1. The smallest absolute Gasteiger partial charge is 0.419 e. The van der Waals surface area contributed by atoms with Crippen molar-refractivity contribution >= 4 is 29.8 Å². The van der Waals surface area contributed by atoms with E-state index >= 15 is 0 Å². The Bertz CT molecular complexity index is 1090. The number of imide groups is 1. The van der Waals surface area contributed by atoms with Crippen LogP contribution in [0, 0.1) is 5.92 Å². The zero-order valence-corrected chi connectivity index (χ0v) is 22.3. The Morgan fingerprint density at radius 2 is 1.64 bits per heavy atom.